The van der Waals surface area contributed by atoms with Crippen LogP contribution in [0.4, 0.5) is 4.79 Å². The molecular formula is C14H20ClN3O3S. The van der Waals surface area contributed by atoms with Gasteiger partial charge in [-0.15, -0.1) is 0 Å². The average molecular weight is 346 g/mol. The number of hydrogen-bond donors (Lipinski definition) is 3. The molecule has 2 amide bonds. The van der Waals surface area contributed by atoms with E-state index in [1.54, 1.807) is 6.92 Å². The number of sulfonamides is 1. The number of rotatable bonds is 7. The minimum Gasteiger partial charge on any atom is -0.337 e. The van der Waals surface area contributed by atoms with Crippen LogP contribution in [0.5, 0.6) is 0 Å². The Balaban J connectivity index is 1.68. The zero-order valence-electron chi connectivity index (χ0n) is 12.3. The highest BCUT2D eigenvalue weighted by molar-refractivity contribution is 7.89. The molecule has 22 heavy (non-hydrogen) atoms. The first-order valence-corrected chi connectivity index (χ1v) is 9.22. The summed E-state index contributed by atoms with van der Waals surface area (Å²) in [5, 5.41) is 6.20. The lowest BCUT2D eigenvalue weighted by Crippen LogP contribution is -2.41. The van der Waals surface area contributed by atoms with E-state index in [0.717, 1.165) is 12.0 Å². The number of nitrogens with one attached hydrogen (secondary N) is 3. The van der Waals surface area contributed by atoms with Crippen LogP contribution in [0, 0.1) is 0 Å². The third-order valence-electron chi connectivity index (χ3n) is 3.52. The van der Waals surface area contributed by atoms with E-state index in [9.17, 15) is 13.2 Å². The average Bonchev–Trinajstić information content (AvgIpc) is 3.23. The second-order valence-electron chi connectivity index (χ2n) is 5.17. The number of halogens is 1. The predicted octanol–water partition coefficient (Wildman–Crippen LogP) is 1.43. The van der Waals surface area contributed by atoms with E-state index in [0.29, 0.717) is 5.02 Å². The fourth-order valence-corrected chi connectivity index (χ4v) is 3.07. The Morgan fingerprint density at radius 1 is 1.32 bits per heavy atom. The van der Waals surface area contributed by atoms with Crippen LogP contribution in [0.25, 0.3) is 0 Å². The molecule has 6 nitrogen and oxygen atoms in total. The molecule has 8 heteroatoms. The van der Waals surface area contributed by atoms with Crippen LogP contribution in [0.2, 0.25) is 5.02 Å². The van der Waals surface area contributed by atoms with Crippen molar-refractivity contribution in [2.75, 3.05) is 18.8 Å². The molecule has 2 rings (SSSR count). The van der Waals surface area contributed by atoms with Gasteiger partial charge >= 0.3 is 6.03 Å². The maximum Gasteiger partial charge on any atom is 0.315 e. The van der Waals surface area contributed by atoms with Crippen molar-refractivity contribution in [2.45, 2.75) is 25.3 Å². The predicted molar refractivity (Wildman–Crippen MR) is 86.6 cm³/mol. The van der Waals surface area contributed by atoms with Gasteiger partial charge in [0, 0.05) is 30.1 Å². The van der Waals surface area contributed by atoms with E-state index in [2.05, 4.69) is 15.4 Å². The molecule has 1 aliphatic rings. The van der Waals surface area contributed by atoms with Gasteiger partial charge in [0.25, 0.3) is 0 Å². The van der Waals surface area contributed by atoms with Crippen molar-refractivity contribution in [3.8, 4) is 0 Å². The maximum atomic E-state index is 11.7. The van der Waals surface area contributed by atoms with E-state index in [1.165, 1.54) is 0 Å². The Labute approximate surface area is 135 Å². The monoisotopic (exact) mass is 345 g/mol. The third kappa shape index (κ3) is 4.86. The molecule has 1 fully saturated rings. The van der Waals surface area contributed by atoms with Crippen molar-refractivity contribution in [3.05, 3.63) is 34.9 Å². The Morgan fingerprint density at radius 2 is 2.05 bits per heavy atom. The van der Waals surface area contributed by atoms with Gasteiger partial charge in [0.05, 0.1) is 5.75 Å². The van der Waals surface area contributed by atoms with E-state index in [4.69, 9.17) is 11.6 Å². The number of carbonyl (C=O) groups is 1. The van der Waals surface area contributed by atoms with Gasteiger partial charge in [-0.25, -0.2) is 17.9 Å². The van der Waals surface area contributed by atoms with Crippen LogP contribution in [0.1, 0.15) is 24.8 Å². The van der Waals surface area contributed by atoms with Gasteiger partial charge in [-0.2, -0.15) is 0 Å². The quantitative estimate of drug-likeness (QED) is 0.653. The maximum absolute atomic E-state index is 11.7. The standard InChI is InChI=1S/C14H20ClN3O3S/c1-2-22(20,21)17-8-7-16-14(19)18-13-9-11(13)10-5-3-4-6-12(10)15/h3-6,11,13,17H,2,7-9H2,1H3,(H2,16,18,19)/t11-,13+/m1/s1. The smallest absolute Gasteiger partial charge is 0.315 e. The second-order valence-corrected chi connectivity index (χ2v) is 7.67. The Kier molecular flexibility index (Phi) is 5.66. The normalized spacial score (nSPS) is 20.5. The molecule has 122 valence electrons. The fraction of sp³-hybridized carbons (Fsp3) is 0.500. The molecule has 2 atom stereocenters. The number of urea groups is 1. The van der Waals surface area contributed by atoms with Gasteiger partial charge in [0.1, 0.15) is 0 Å². The van der Waals surface area contributed by atoms with Crippen molar-refractivity contribution < 1.29 is 13.2 Å². The number of carbonyl (C=O) groups excluding carboxylic acids is 1. The van der Waals surface area contributed by atoms with Gasteiger partial charge < -0.3 is 10.6 Å². The molecule has 0 radical (unpaired) electrons. The Bertz CT molecular complexity index is 636. The SMILES string of the molecule is CCS(=O)(=O)NCCNC(=O)N[C@H]1C[C@@H]1c1ccccc1Cl. The van der Waals surface area contributed by atoms with Crippen LogP contribution in [-0.4, -0.2) is 39.3 Å². The summed E-state index contributed by atoms with van der Waals surface area (Å²) < 4.78 is 24.8. The van der Waals surface area contributed by atoms with Crippen LogP contribution in [-0.2, 0) is 10.0 Å². The molecule has 0 heterocycles. The Hall–Kier alpha value is -1.31. The molecule has 1 aromatic carbocycles. The molecule has 0 aliphatic heterocycles. The van der Waals surface area contributed by atoms with Crippen molar-refractivity contribution in [3.63, 3.8) is 0 Å². The first kappa shape index (κ1) is 17.1. The summed E-state index contributed by atoms with van der Waals surface area (Å²) in [7, 11) is -3.21. The molecule has 3 N–H and O–H groups in total. The molecule has 0 aromatic heterocycles. The van der Waals surface area contributed by atoms with Gasteiger partial charge in [0.15, 0.2) is 0 Å². The first-order valence-electron chi connectivity index (χ1n) is 7.19. The van der Waals surface area contributed by atoms with Gasteiger partial charge in [-0.3, -0.25) is 0 Å². The summed E-state index contributed by atoms with van der Waals surface area (Å²) >= 11 is 6.13. The summed E-state index contributed by atoms with van der Waals surface area (Å²) in [4.78, 5) is 11.7. The molecular weight excluding hydrogens is 326 g/mol. The number of hydrogen-bond acceptors (Lipinski definition) is 3. The number of amides is 2. The van der Waals surface area contributed by atoms with Gasteiger partial charge in [0.2, 0.25) is 10.0 Å². The van der Waals surface area contributed by atoms with Crippen molar-refractivity contribution >= 4 is 27.7 Å². The number of benzene rings is 1. The van der Waals surface area contributed by atoms with Crippen LogP contribution in [0.15, 0.2) is 24.3 Å². The molecule has 0 bridgehead atoms. The van der Waals surface area contributed by atoms with Crippen LogP contribution < -0.4 is 15.4 Å². The Morgan fingerprint density at radius 3 is 2.73 bits per heavy atom. The lowest BCUT2D eigenvalue weighted by Gasteiger charge is -2.09. The van der Waals surface area contributed by atoms with Gasteiger partial charge in [-0.1, -0.05) is 29.8 Å². The van der Waals surface area contributed by atoms with Crippen LogP contribution in [0.3, 0.4) is 0 Å². The first-order chi connectivity index (χ1) is 10.4. The molecule has 0 unspecified atom stereocenters. The summed E-state index contributed by atoms with van der Waals surface area (Å²) in [5.74, 6) is 0.277. The summed E-state index contributed by atoms with van der Waals surface area (Å²) in [6.45, 7) is 1.99. The summed E-state index contributed by atoms with van der Waals surface area (Å²) in [6, 6.07) is 7.39. The second kappa shape index (κ2) is 7.30. The van der Waals surface area contributed by atoms with E-state index in [1.807, 2.05) is 24.3 Å². The highest BCUT2D eigenvalue weighted by Crippen LogP contribution is 2.43. The lowest BCUT2D eigenvalue weighted by atomic mass is 10.1. The largest absolute Gasteiger partial charge is 0.337 e. The topological polar surface area (TPSA) is 87.3 Å². The minimum atomic E-state index is -3.21. The minimum absolute atomic E-state index is 0.0286. The zero-order valence-corrected chi connectivity index (χ0v) is 13.9. The van der Waals surface area contributed by atoms with E-state index < -0.39 is 10.0 Å². The molecule has 1 aliphatic carbocycles. The third-order valence-corrected chi connectivity index (χ3v) is 5.27. The van der Waals surface area contributed by atoms with Gasteiger partial charge in [-0.05, 0) is 25.0 Å². The van der Waals surface area contributed by atoms with E-state index in [-0.39, 0.29) is 36.8 Å². The highest BCUT2D eigenvalue weighted by Gasteiger charge is 2.40. The summed E-state index contributed by atoms with van der Waals surface area (Å²) in [5.41, 5.74) is 1.05. The zero-order chi connectivity index (χ0) is 16.2. The molecule has 1 saturated carbocycles. The van der Waals surface area contributed by atoms with Crippen molar-refractivity contribution in [1.29, 1.82) is 0 Å². The van der Waals surface area contributed by atoms with Crippen molar-refractivity contribution in [2.24, 2.45) is 0 Å². The molecule has 0 spiro atoms. The van der Waals surface area contributed by atoms with E-state index >= 15 is 0 Å². The highest BCUT2D eigenvalue weighted by atomic mass is 35.5. The van der Waals surface area contributed by atoms with Crippen molar-refractivity contribution in [1.82, 2.24) is 15.4 Å². The molecule has 0 saturated heterocycles. The summed E-state index contributed by atoms with van der Waals surface area (Å²) in [6.07, 6.45) is 0.861. The lowest BCUT2D eigenvalue weighted by molar-refractivity contribution is 0.240. The fourth-order valence-electron chi connectivity index (χ4n) is 2.18. The molecule has 1 aromatic rings. The van der Waals surface area contributed by atoms with Crippen LogP contribution >= 0.6 is 11.6 Å².